The first kappa shape index (κ1) is 20.4. The Morgan fingerprint density at radius 1 is 1.28 bits per heavy atom. The number of likely N-dealkylation sites (tertiary alicyclic amines) is 1. The predicted molar refractivity (Wildman–Crippen MR) is 112 cm³/mol. The summed E-state index contributed by atoms with van der Waals surface area (Å²) in [6, 6.07) is 6.74. The first-order valence-electron chi connectivity index (χ1n) is 8.99. The maximum Gasteiger partial charge on any atom is 0.193 e. The number of nitrogens with zero attached hydrogens (tertiary/aromatic N) is 3. The topological polar surface area (TPSA) is 30.9 Å². The third kappa shape index (κ3) is 5.29. The van der Waals surface area contributed by atoms with Gasteiger partial charge in [0.1, 0.15) is 5.82 Å². The van der Waals surface area contributed by atoms with Crippen molar-refractivity contribution in [3.8, 4) is 0 Å². The first-order valence-corrected chi connectivity index (χ1v) is 8.99. The van der Waals surface area contributed by atoms with E-state index in [1.807, 2.05) is 19.2 Å². The first-order chi connectivity index (χ1) is 11.6. The summed E-state index contributed by atoms with van der Waals surface area (Å²) in [6.45, 7) is 4.92. The van der Waals surface area contributed by atoms with Crippen molar-refractivity contribution in [1.82, 2.24) is 15.1 Å². The van der Waals surface area contributed by atoms with E-state index in [-0.39, 0.29) is 29.8 Å². The summed E-state index contributed by atoms with van der Waals surface area (Å²) in [5.41, 5.74) is 1.73. The normalized spacial score (nSPS) is 19.0. The minimum Gasteiger partial charge on any atom is -0.355 e. The molecule has 1 aliphatic heterocycles. The summed E-state index contributed by atoms with van der Waals surface area (Å²) in [5, 5.41) is 3.50. The fraction of sp³-hybridized carbons (Fsp3) is 0.632. The van der Waals surface area contributed by atoms with Gasteiger partial charge in [-0.25, -0.2) is 4.39 Å². The van der Waals surface area contributed by atoms with E-state index < -0.39 is 0 Å². The van der Waals surface area contributed by atoms with Gasteiger partial charge in [-0.1, -0.05) is 18.6 Å². The molecular weight excluding hydrogens is 430 g/mol. The van der Waals surface area contributed by atoms with Crippen LogP contribution in [-0.4, -0.2) is 56.0 Å². The Kier molecular flexibility index (Phi) is 7.49. The minimum absolute atomic E-state index is 0. The third-order valence-electron chi connectivity index (χ3n) is 5.51. The van der Waals surface area contributed by atoms with Crippen molar-refractivity contribution < 1.29 is 4.39 Å². The van der Waals surface area contributed by atoms with Crippen molar-refractivity contribution in [2.75, 3.05) is 40.3 Å². The zero-order chi connectivity index (χ0) is 17.0. The van der Waals surface area contributed by atoms with Gasteiger partial charge in [0.05, 0.1) is 0 Å². The number of halogens is 2. The highest BCUT2D eigenvalue weighted by Gasteiger charge is 2.43. The maximum atomic E-state index is 12.9. The molecule has 2 aliphatic rings. The molecule has 1 saturated carbocycles. The summed E-state index contributed by atoms with van der Waals surface area (Å²) < 4.78 is 12.9. The minimum atomic E-state index is -0.179. The van der Waals surface area contributed by atoms with E-state index in [4.69, 9.17) is 0 Å². The number of hydrogen-bond acceptors (Lipinski definition) is 2. The third-order valence-corrected chi connectivity index (χ3v) is 5.51. The highest BCUT2D eigenvalue weighted by atomic mass is 127. The highest BCUT2D eigenvalue weighted by Crippen LogP contribution is 2.47. The van der Waals surface area contributed by atoms with Crippen molar-refractivity contribution in [3.05, 3.63) is 35.6 Å². The van der Waals surface area contributed by atoms with E-state index in [2.05, 4.69) is 27.2 Å². The Morgan fingerprint density at radius 3 is 2.56 bits per heavy atom. The number of likely N-dealkylation sites (N-methyl/N-ethyl adjacent to an activating group) is 1. The van der Waals surface area contributed by atoms with Crippen LogP contribution in [0.2, 0.25) is 0 Å². The molecular formula is C19H30FIN4. The van der Waals surface area contributed by atoms with E-state index in [1.54, 1.807) is 0 Å². The van der Waals surface area contributed by atoms with Crippen LogP contribution in [0.1, 0.15) is 31.2 Å². The molecule has 0 unspecified atom stereocenters. The van der Waals surface area contributed by atoms with Crippen LogP contribution in [0.3, 0.4) is 0 Å². The average Bonchev–Trinajstić information content (AvgIpc) is 2.99. The molecule has 0 amide bonds. The van der Waals surface area contributed by atoms with Crippen LogP contribution in [0, 0.1) is 11.2 Å². The van der Waals surface area contributed by atoms with Gasteiger partial charge < -0.3 is 15.1 Å². The van der Waals surface area contributed by atoms with Crippen LogP contribution in [-0.2, 0) is 6.54 Å². The van der Waals surface area contributed by atoms with Crippen LogP contribution in [0.4, 0.5) is 4.39 Å². The van der Waals surface area contributed by atoms with Gasteiger partial charge in [-0.15, -0.1) is 24.0 Å². The zero-order valence-corrected chi connectivity index (χ0v) is 17.6. The molecule has 25 heavy (non-hydrogen) atoms. The summed E-state index contributed by atoms with van der Waals surface area (Å²) in [5.74, 6) is 0.857. The fourth-order valence-corrected chi connectivity index (χ4v) is 3.87. The van der Waals surface area contributed by atoms with Gasteiger partial charge in [0.2, 0.25) is 0 Å². The summed E-state index contributed by atoms with van der Waals surface area (Å²) in [7, 11) is 3.96. The fourth-order valence-electron chi connectivity index (χ4n) is 3.87. The van der Waals surface area contributed by atoms with Gasteiger partial charge >= 0.3 is 0 Å². The molecule has 140 valence electrons. The molecule has 1 aromatic rings. The van der Waals surface area contributed by atoms with Gasteiger partial charge in [-0.3, -0.25) is 4.99 Å². The molecule has 1 saturated heterocycles. The Bertz CT molecular complexity index is 571. The zero-order valence-electron chi connectivity index (χ0n) is 15.3. The van der Waals surface area contributed by atoms with Crippen molar-refractivity contribution in [2.24, 2.45) is 10.4 Å². The summed E-state index contributed by atoms with van der Waals surface area (Å²) >= 11 is 0. The number of nitrogens with one attached hydrogen (secondary N) is 1. The number of guanidine groups is 1. The Balaban J connectivity index is 0.00000225. The molecule has 1 N–H and O–H groups in total. The van der Waals surface area contributed by atoms with Gasteiger partial charge in [0.15, 0.2) is 5.96 Å². The lowest BCUT2D eigenvalue weighted by atomic mass is 9.68. The number of aliphatic imine (C=N–C) groups is 1. The molecule has 0 radical (unpaired) electrons. The molecule has 1 aromatic carbocycles. The van der Waals surface area contributed by atoms with Gasteiger partial charge in [-0.05, 0) is 49.4 Å². The van der Waals surface area contributed by atoms with Crippen molar-refractivity contribution in [2.45, 2.75) is 32.2 Å². The van der Waals surface area contributed by atoms with Crippen LogP contribution in [0.25, 0.3) is 0 Å². The standard InChI is InChI=1S/C19H29FN4.HI/c1-21-18(24-12-10-19(15-24)8-3-9-19)22-11-13-23(2)14-16-4-6-17(20)7-5-16;/h4-7H,3,8-15H2,1-2H3,(H,21,22);1H. The second-order valence-corrected chi connectivity index (χ2v) is 7.36. The second kappa shape index (κ2) is 9.16. The molecule has 6 heteroatoms. The van der Waals surface area contributed by atoms with Crippen LogP contribution < -0.4 is 5.32 Å². The molecule has 0 aromatic heterocycles. The van der Waals surface area contributed by atoms with Crippen molar-refractivity contribution >= 4 is 29.9 Å². The van der Waals surface area contributed by atoms with E-state index in [0.717, 1.165) is 44.2 Å². The molecule has 2 fully saturated rings. The van der Waals surface area contributed by atoms with E-state index >= 15 is 0 Å². The SMILES string of the molecule is CN=C(NCCN(C)Cc1ccc(F)cc1)N1CCC2(CCC2)C1.I. The van der Waals surface area contributed by atoms with Crippen LogP contribution in [0.15, 0.2) is 29.3 Å². The van der Waals surface area contributed by atoms with Gasteiger partial charge in [0.25, 0.3) is 0 Å². The smallest absolute Gasteiger partial charge is 0.193 e. The predicted octanol–water partition coefficient (Wildman–Crippen LogP) is 3.33. The van der Waals surface area contributed by atoms with E-state index in [1.165, 1.54) is 37.8 Å². The lowest BCUT2D eigenvalue weighted by Gasteiger charge is -2.38. The van der Waals surface area contributed by atoms with Crippen LogP contribution in [0.5, 0.6) is 0 Å². The average molecular weight is 460 g/mol. The van der Waals surface area contributed by atoms with Crippen molar-refractivity contribution in [3.63, 3.8) is 0 Å². The van der Waals surface area contributed by atoms with Crippen LogP contribution >= 0.6 is 24.0 Å². The Morgan fingerprint density at radius 2 is 2.00 bits per heavy atom. The number of rotatable bonds is 5. The largest absolute Gasteiger partial charge is 0.355 e. The lowest BCUT2D eigenvalue weighted by molar-refractivity contribution is 0.151. The number of hydrogen-bond donors (Lipinski definition) is 1. The second-order valence-electron chi connectivity index (χ2n) is 7.36. The lowest BCUT2D eigenvalue weighted by Crippen LogP contribution is -2.44. The van der Waals surface area contributed by atoms with E-state index in [9.17, 15) is 4.39 Å². The molecule has 3 rings (SSSR count). The quantitative estimate of drug-likeness (QED) is 0.416. The van der Waals surface area contributed by atoms with Gasteiger partial charge in [-0.2, -0.15) is 0 Å². The van der Waals surface area contributed by atoms with Crippen molar-refractivity contribution in [1.29, 1.82) is 0 Å². The molecule has 1 spiro atoms. The summed E-state index contributed by atoms with van der Waals surface area (Å²) in [6.07, 6.45) is 5.49. The highest BCUT2D eigenvalue weighted by molar-refractivity contribution is 14.0. The molecule has 4 nitrogen and oxygen atoms in total. The Labute approximate surface area is 167 Å². The number of benzene rings is 1. The monoisotopic (exact) mass is 460 g/mol. The molecule has 0 bridgehead atoms. The molecule has 0 atom stereocenters. The summed E-state index contributed by atoms with van der Waals surface area (Å²) in [4.78, 5) is 9.11. The molecule has 1 heterocycles. The molecule has 1 aliphatic carbocycles. The maximum absolute atomic E-state index is 12.9. The van der Waals surface area contributed by atoms with E-state index in [0.29, 0.717) is 5.41 Å². The van der Waals surface area contributed by atoms with Gasteiger partial charge in [0, 0.05) is 39.8 Å². The Hall–Kier alpha value is -0.890.